The molecule has 0 amide bonds. The smallest absolute Gasteiger partial charge is 0.131 e. The molecule has 2 aromatic rings. The zero-order valence-electron chi connectivity index (χ0n) is 10.2. The van der Waals surface area contributed by atoms with Crippen molar-refractivity contribution in [3.8, 4) is 0 Å². The van der Waals surface area contributed by atoms with Gasteiger partial charge in [-0.25, -0.2) is 17.6 Å². The molecule has 106 valence electrons. The molecule has 0 bridgehead atoms. The molecule has 1 atom stereocenters. The van der Waals surface area contributed by atoms with E-state index in [0.717, 1.165) is 24.3 Å². The third kappa shape index (κ3) is 3.48. The summed E-state index contributed by atoms with van der Waals surface area (Å²) in [6.45, 7) is -0.175. The third-order valence-corrected chi connectivity index (χ3v) is 2.68. The van der Waals surface area contributed by atoms with Crippen molar-refractivity contribution in [2.75, 3.05) is 11.9 Å². The van der Waals surface area contributed by atoms with Crippen molar-refractivity contribution >= 4 is 5.69 Å². The number of benzene rings is 2. The minimum Gasteiger partial charge on any atom is -0.386 e. The summed E-state index contributed by atoms with van der Waals surface area (Å²) in [7, 11) is 0. The lowest BCUT2D eigenvalue weighted by molar-refractivity contribution is 0.186. The van der Waals surface area contributed by atoms with Crippen LogP contribution < -0.4 is 5.32 Å². The minimum atomic E-state index is -1.28. The molecule has 0 aliphatic rings. The average molecular weight is 285 g/mol. The zero-order valence-corrected chi connectivity index (χ0v) is 10.2. The Kier molecular flexibility index (Phi) is 4.24. The van der Waals surface area contributed by atoms with Crippen LogP contribution in [0.2, 0.25) is 0 Å². The van der Waals surface area contributed by atoms with Crippen molar-refractivity contribution in [1.29, 1.82) is 0 Å². The Labute approximate surface area is 112 Å². The van der Waals surface area contributed by atoms with Gasteiger partial charge in [-0.1, -0.05) is 6.07 Å². The van der Waals surface area contributed by atoms with E-state index in [-0.39, 0.29) is 17.8 Å². The first-order valence-electron chi connectivity index (χ1n) is 5.78. The van der Waals surface area contributed by atoms with Gasteiger partial charge in [0.2, 0.25) is 0 Å². The highest BCUT2D eigenvalue weighted by Crippen LogP contribution is 2.19. The summed E-state index contributed by atoms with van der Waals surface area (Å²) < 4.78 is 52.0. The van der Waals surface area contributed by atoms with Crippen molar-refractivity contribution in [3.05, 3.63) is 65.2 Å². The van der Waals surface area contributed by atoms with Crippen LogP contribution in [0.25, 0.3) is 0 Å². The van der Waals surface area contributed by atoms with Crippen LogP contribution in [0, 0.1) is 23.3 Å². The van der Waals surface area contributed by atoms with Crippen molar-refractivity contribution in [2.45, 2.75) is 6.10 Å². The average Bonchev–Trinajstić information content (AvgIpc) is 2.35. The van der Waals surface area contributed by atoms with Crippen LogP contribution in [-0.2, 0) is 0 Å². The number of halogens is 4. The molecule has 1 unspecified atom stereocenters. The maximum atomic E-state index is 13.4. The molecule has 2 rings (SSSR count). The molecule has 0 fully saturated rings. The van der Waals surface area contributed by atoms with E-state index in [1.807, 2.05) is 0 Å². The van der Waals surface area contributed by atoms with Crippen LogP contribution in [0.4, 0.5) is 23.2 Å². The Morgan fingerprint density at radius 2 is 1.55 bits per heavy atom. The number of nitrogens with one attached hydrogen (secondary N) is 1. The number of anilines is 1. The zero-order chi connectivity index (χ0) is 14.7. The van der Waals surface area contributed by atoms with Gasteiger partial charge in [0.05, 0.1) is 6.10 Å². The highest BCUT2D eigenvalue weighted by Gasteiger charge is 2.13. The van der Waals surface area contributed by atoms with Gasteiger partial charge in [0.15, 0.2) is 0 Å². The van der Waals surface area contributed by atoms with Gasteiger partial charge in [0, 0.05) is 29.9 Å². The fourth-order valence-corrected chi connectivity index (χ4v) is 1.75. The molecule has 0 radical (unpaired) electrons. The first kappa shape index (κ1) is 14.3. The Morgan fingerprint density at radius 3 is 2.15 bits per heavy atom. The van der Waals surface area contributed by atoms with Gasteiger partial charge in [0.1, 0.15) is 23.3 Å². The van der Waals surface area contributed by atoms with Gasteiger partial charge < -0.3 is 10.4 Å². The number of rotatable bonds is 4. The molecule has 0 heterocycles. The summed E-state index contributed by atoms with van der Waals surface area (Å²) >= 11 is 0. The molecule has 2 N–H and O–H groups in total. The van der Waals surface area contributed by atoms with Crippen LogP contribution in [0.1, 0.15) is 11.7 Å². The van der Waals surface area contributed by atoms with Gasteiger partial charge >= 0.3 is 0 Å². The standard InChI is InChI=1S/C14H11F4NO/c15-8-1-2-12(13(18)6-8)14(20)7-19-11-4-9(16)3-10(17)5-11/h1-6,14,19-20H,7H2. The predicted molar refractivity (Wildman–Crippen MR) is 66.2 cm³/mol. The summed E-state index contributed by atoms with van der Waals surface area (Å²) in [5.74, 6) is -3.17. The fraction of sp³-hybridized carbons (Fsp3) is 0.143. The van der Waals surface area contributed by atoms with Crippen LogP contribution >= 0.6 is 0 Å². The summed E-state index contributed by atoms with van der Waals surface area (Å²) in [5, 5.41) is 12.4. The van der Waals surface area contributed by atoms with E-state index in [2.05, 4.69) is 5.32 Å². The van der Waals surface area contributed by atoms with Crippen LogP contribution in [0.5, 0.6) is 0 Å². The summed E-state index contributed by atoms with van der Waals surface area (Å²) in [5.41, 5.74) is 0.0137. The lowest BCUT2D eigenvalue weighted by atomic mass is 10.1. The van der Waals surface area contributed by atoms with Crippen molar-refractivity contribution < 1.29 is 22.7 Å². The topological polar surface area (TPSA) is 32.3 Å². The van der Waals surface area contributed by atoms with Gasteiger partial charge in [-0.3, -0.25) is 0 Å². The third-order valence-electron chi connectivity index (χ3n) is 2.68. The van der Waals surface area contributed by atoms with E-state index < -0.39 is 29.4 Å². The molecule has 0 saturated heterocycles. The van der Waals surface area contributed by atoms with Crippen molar-refractivity contribution in [3.63, 3.8) is 0 Å². The van der Waals surface area contributed by atoms with E-state index in [0.29, 0.717) is 12.1 Å². The van der Waals surface area contributed by atoms with E-state index >= 15 is 0 Å². The molecule has 20 heavy (non-hydrogen) atoms. The quantitative estimate of drug-likeness (QED) is 0.844. The lowest BCUT2D eigenvalue weighted by Crippen LogP contribution is -2.13. The Morgan fingerprint density at radius 1 is 0.900 bits per heavy atom. The van der Waals surface area contributed by atoms with Crippen LogP contribution in [0.3, 0.4) is 0 Å². The Bertz CT molecular complexity index is 598. The molecule has 2 nitrogen and oxygen atoms in total. The fourth-order valence-electron chi connectivity index (χ4n) is 1.75. The van der Waals surface area contributed by atoms with E-state index in [1.165, 1.54) is 0 Å². The second kappa shape index (κ2) is 5.92. The van der Waals surface area contributed by atoms with Crippen molar-refractivity contribution in [1.82, 2.24) is 0 Å². The molecule has 0 aliphatic heterocycles. The van der Waals surface area contributed by atoms with Crippen LogP contribution in [0.15, 0.2) is 36.4 Å². The first-order valence-corrected chi connectivity index (χ1v) is 5.78. The molecule has 0 spiro atoms. The highest BCUT2D eigenvalue weighted by molar-refractivity contribution is 5.44. The minimum absolute atomic E-state index is 0.101. The first-order chi connectivity index (χ1) is 9.45. The van der Waals surface area contributed by atoms with E-state index in [1.54, 1.807) is 0 Å². The second-order valence-corrected chi connectivity index (χ2v) is 4.22. The maximum absolute atomic E-state index is 13.4. The largest absolute Gasteiger partial charge is 0.386 e. The number of hydrogen-bond donors (Lipinski definition) is 2. The van der Waals surface area contributed by atoms with Gasteiger partial charge in [-0.2, -0.15) is 0 Å². The monoisotopic (exact) mass is 285 g/mol. The number of hydrogen-bond acceptors (Lipinski definition) is 2. The molecule has 0 saturated carbocycles. The van der Waals surface area contributed by atoms with Gasteiger partial charge in [0.25, 0.3) is 0 Å². The SMILES string of the molecule is OC(CNc1cc(F)cc(F)c1)c1ccc(F)cc1F. The predicted octanol–water partition coefficient (Wildman–Crippen LogP) is 3.39. The molecule has 2 aromatic carbocycles. The second-order valence-electron chi connectivity index (χ2n) is 4.22. The molecular formula is C14H11F4NO. The van der Waals surface area contributed by atoms with Crippen molar-refractivity contribution in [2.24, 2.45) is 0 Å². The molecule has 0 aliphatic carbocycles. The number of aliphatic hydroxyl groups excluding tert-OH is 1. The lowest BCUT2D eigenvalue weighted by Gasteiger charge is -2.14. The summed E-state index contributed by atoms with van der Waals surface area (Å²) in [4.78, 5) is 0. The molecule has 6 heteroatoms. The summed E-state index contributed by atoms with van der Waals surface area (Å²) in [6.07, 6.45) is -1.28. The van der Waals surface area contributed by atoms with Gasteiger partial charge in [-0.05, 0) is 18.2 Å². The Hall–Kier alpha value is -2.08. The summed E-state index contributed by atoms with van der Waals surface area (Å²) in [6, 6.07) is 5.57. The maximum Gasteiger partial charge on any atom is 0.131 e. The molecule has 0 aromatic heterocycles. The number of aliphatic hydroxyl groups is 1. The normalized spacial score (nSPS) is 12.2. The highest BCUT2D eigenvalue weighted by atomic mass is 19.1. The van der Waals surface area contributed by atoms with Gasteiger partial charge in [-0.15, -0.1) is 0 Å². The Balaban J connectivity index is 2.06. The van der Waals surface area contributed by atoms with E-state index in [9.17, 15) is 22.7 Å². The molecular weight excluding hydrogens is 274 g/mol. The van der Waals surface area contributed by atoms with E-state index in [4.69, 9.17) is 0 Å². The van der Waals surface area contributed by atoms with Crippen LogP contribution in [-0.4, -0.2) is 11.7 Å².